The molecule has 0 bridgehead atoms. The van der Waals surface area contributed by atoms with Gasteiger partial charge in [0.2, 0.25) is 4.34 Å². The Kier molecular flexibility index (Phi) is 7.50. The molecule has 37 heavy (non-hydrogen) atoms. The van der Waals surface area contributed by atoms with Crippen molar-refractivity contribution in [2.45, 2.75) is 43.6 Å². The van der Waals surface area contributed by atoms with Crippen LogP contribution in [0.1, 0.15) is 45.6 Å². The number of nitrogens with zero attached hydrogens (tertiary/aromatic N) is 2. The first kappa shape index (κ1) is 25.7. The van der Waals surface area contributed by atoms with Gasteiger partial charge in [-0.05, 0) is 73.6 Å². The number of hydrogen-bond acceptors (Lipinski definition) is 8. The second kappa shape index (κ2) is 10.8. The Balaban J connectivity index is 1.50. The molecule has 1 saturated heterocycles. The van der Waals surface area contributed by atoms with E-state index in [0.717, 1.165) is 48.1 Å². The van der Waals surface area contributed by atoms with E-state index >= 15 is 0 Å². The predicted octanol–water partition coefficient (Wildman–Crippen LogP) is 4.54. The van der Waals surface area contributed by atoms with Crippen LogP contribution in [0.25, 0.3) is 0 Å². The van der Waals surface area contributed by atoms with Crippen molar-refractivity contribution < 1.29 is 27.4 Å². The Labute approximate surface area is 221 Å². The number of rotatable bonds is 9. The van der Waals surface area contributed by atoms with Gasteiger partial charge in [-0.1, -0.05) is 12.1 Å². The zero-order chi connectivity index (χ0) is 26.0. The van der Waals surface area contributed by atoms with E-state index in [4.69, 9.17) is 14.2 Å². The standard InChI is InChI=1S/C27H30N2O6S2/c1-18-17-36-27(28-18)37(31,32)29(14-20-10-11-34-15-20)24-12-22-4-3-5-23(22)13-25(24)35-16-19-6-8-21(9-7-19)26(30)33-2/h6-9,12-13,17,20H,3-5,10-11,14-16H2,1-2H3. The number of hydrogen-bond donors (Lipinski definition) is 0. The van der Waals surface area contributed by atoms with E-state index in [9.17, 15) is 13.2 Å². The Hall–Kier alpha value is -2.95. The Bertz CT molecular complexity index is 1380. The maximum absolute atomic E-state index is 13.9. The summed E-state index contributed by atoms with van der Waals surface area (Å²) in [6.07, 6.45) is 3.68. The lowest BCUT2D eigenvalue weighted by Crippen LogP contribution is -2.36. The summed E-state index contributed by atoms with van der Waals surface area (Å²) in [5, 5.41) is 1.75. The zero-order valence-corrected chi connectivity index (χ0v) is 22.6. The number of carbonyl (C=O) groups is 1. The average molecular weight is 543 g/mol. The fourth-order valence-electron chi connectivity index (χ4n) is 4.75. The van der Waals surface area contributed by atoms with Gasteiger partial charge in [0.1, 0.15) is 12.4 Å². The molecular formula is C27H30N2O6S2. The minimum atomic E-state index is -3.91. The number of carbonyl (C=O) groups excluding carboxylic acids is 1. The molecule has 2 aliphatic rings. The number of anilines is 1. The quantitative estimate of drug-likeness (QED) is 0.367. The molecule has 8 nitrogen and oxygen atoms in total. The van der Waals surface area contributed by atoms with Crippen LogP contribution in [0.4, 0.5) is 5.69 Å². The van der Waals surface area contributed by atoms with Gasteiger partial charge < -0.3 is 14.2 Å². The molecule has 0 saturated carbocycles. The van der Waals surface area contributed by atoms with Crippen molar-refractivity contribution >= 4 is 33.0 Å². The van der Waals surface area contributed by atoms with Crippen LogP contribution < -0.4 is 9.04 Å². The molecule has 1 fully saturated rings. The average Bonchev–Trinajstić information content (AvgIpc) is 3.67. The normalized spacial score (nSPS) is 17.0. The summed E-state index contributed by atoms with van der Waals surface area (Å²) >= 11 is 1.13. The fourth-order valence-corrected chi connectivity index (χ4v) is 7.43. The Morgan fingerprint density at radius 1 is 1.19 bits per heavy atom. The van der Waals surface area contributed by atoms with Crippen LogP contribution >= 0.6 is 11.3 Å². The summed E-state index contributed by atoms with van der Waals surface area (Å²) in [6.45, 7) is 3.47. The monoisotopic (exact) mass is 542 g/mol. The first-order valence-electron chi connectivity index (χ1n) is 12.3. The van der Waals surface area contributed by atoms with Gasteiger partial charge in [0.15, 0.2) is 0 Å². The van der Waals surface area contributed by atoms with Crippen molar-refractivity contribution in [2.24, 2.45) is 5.92 Å². The largest absolute Gasteiger partial charge is 0.487 e. The van der Waals surface area contributed by atoms with Crippen molar-refractivity contribution in [3.8, 4) is 5.75 Å². The molecule has 1 unspecified atom stereocenters. The number of sulfonamides is 1. The van der Waals surface area contributed by atoms with Crippen molar-refractivity contribution in [1.29, 1.82) is 0 Å². The van der Waals surface area contributed by atoms with E-state index < -0.39 is 16.0 Å². The van der Waals surface area contributed by atoms with Gasteiger partial charge in [0, 0.05) is 30.1 Å². The molecule has 2 heterocycles. The highest BCUT2D eigenvalue weighted by Crippen LogP contribution is 2.40. The van der Waals surface area contributed by atoms with Crippen LogP contribution in [-0.4, -0.2) is 46.2 Å². The molecule has 0 radical (unpaired) electrons. The molecule has 5 rings (SSSR count). The van der Waals surface area contributed by atoms with Gasteiger partial charge in [0.05, 0.1) is 25.0 Å². The van der Waals surface area contributed by atoms with Crippen LogP contribution in [0.15, 0.2) is 46.1 Å². The third kappa shape index (κ3) is 5.51. The highest BCUT2D eigenvalue weighted by atomic mass is 32.2. The minimum absolute atomic E-state index is 0.0776. The van der Waals surface area contributed by atoms with Crippen LogP contribution in [-0.2, 0) is 38.9 Å². The Morgan fingerprint density at radius 2 is 1.95 bits per heavy atom. The summed E-state index contributed by atoms with van der Waals surface area (Å²) in [6, 6.07) is 11.0. The molecule has 196 valence electrons. The summed E-state index contributed by atoms with van der Waals surface area (Å²) in [5.41, 5.74) is 4.86. The number of methoxy groups -OCH3 is 1. The van der Waals surface area contributed by atoms with E-state index in [2.05, 4.69) is 4.98 Å². The van der Waals surface area contributed by atoms with Crippen LogP contribution in [0.5, 0.6) is 5.75 Å². The molecule has 0 N–H and O–H groups in total. The van der Waals surface area contributed by atoms with E-state index in [0.29, 0.717) is 42.5 Å². The van der Waals surface area contributed by atoms with Gasteiger partial charge in [-0.3, -0.25) is 4.31 Å². The van der Waals surface area contributed by atoms with Crippen LogP contribution in [0.2, 0.25) is 0 Å². The summed E-state index contributed by atoms with van der Waals surface area (Å²) in [4.78, 5) is 16.1. The lowest BCUT2D eigenvalue weighted by molar-refractivity contribution is 0.0600. The molecule has 0 amide bonds. The minimum Gasteiger partial charge on any atom is -0.487 e. The Morgan fingerprint density at radius 3 is 2.59 bits per heavy atom. The van der Waals surface area contributed by atoms with E-state index in [1.54, 1.807) is 24.4 Å². The summed E-state index contributed by atoms with van der Waals surface area (Å²) in [5.74, 6) is 0.207. The van der Waals surface area contributed by atoms with Crippen molar-refractivity contribution in [3.05, 3.63) is 69.7 Å². The van der Waals surface area contributed by atoms with Gasteiger partial charge >= 0.3 is 5.97 Å². The zero-order valence-electron chi connectivity index (χ0n) is 20.9. The molecule has 0 spiro atoms. The number of fused-ring (bicyclic) bond motifs is 1. The van der Waals surface area contributed by atoms with Gasteiger partial charge in [-0.2, -0.15) is 8.42 Å². The number of esters is 1. The third-order valence-corrected chi connectivity index (χ3v) is 9.90. The molecule has 10 heteroatoms. The van der Waals surface area contributed by atoms with Gasteiger partial charge in [-0.25, -0.2) is 9.78 Å². The van der Waals surface area contributed by atoms with Crippen LogP contribution in [0, 0.1) is 12.8 Å². The number of thiazole rings is 1. The number of ether oxygens (including phenoxy) is 3. The fraction of sp³-hybridized carbons (Fsp3) is 0.407. The van der Waals surface area contributed by atoms with E-state index in [-0.39, 0.29) is 16.9 Å². The van der Waals surface area contributed by atoms with Crippen molar-refractivity contribution in [2.75, 3.05) is 31.2 Å². The van der Waals surface area contributed by atoms with E-state index in [1.807, 2.05) is 24.3 Å². The van der Waals surface area contributed by atoms with Crippen molar-refractivity contribution in [3.63, 3.8) is 0 Å². The highest BCUT2D eigenvalue weighted by Gasteiger charge is 2.34. The lowest BCUT2D eigenvalue weighted by atomic mass is 10.1. The maximum atomic E-state index is 13.9. The number of benzene rings is 2. The second-order valence-corrected chi connectivity index (χ2v) is 12.3. The first-order valence-corrected chi connectivity index (χ1v) is 14.7. The highest BCUT2D eigenvalue weighted by molar-refractivity contribution is 7.94. The van der Waals surface area contributed by atoms with Crippen molar-refractivity contribution in [1.82, 2.24) is 4.98 Å². The van der Waals surface area contributed by atoms with Crippen LogP contribution in [0.3, 0.4) is 0 Å². The number of aromatic nitrogens is 1. The molecule has 1 atom stereocenters. The topological polar surface area (TPSA) is 95.0 Å². The second-order valence-electron chi connectivity index (χ2n) is 9.44. The van der Waals surface area contributed by atoms with Gasteiger partial charge in [0.25, 0.3) is 10.0 Å². The molecular weight excluding hydrogens is 512 g/mol. The molecule has 3 aromatic rings. The first-order chi connectivity index (χ1) is 17.8. The molecule has 1 aliphatic heterocycles. The smallest absolute Gasteiger partial charge is 0.337 e. The number of aryl methyl sites for hydroxylation is 3. The molecule has 1 aromatic heterocycles. The molecule has 2 aromatic carbocycles. The maximum Gasteiger partial charge on any atom is 0.337 e. The lowest BCUT2D eigenvalue weighted by Gasteiger charge is -2.28. The van der Waals surface area contributed by atoms with Gasteiger partial charge in [-0.15, -0.1) is 11.3 Å². The van der Waals surface area contributed by atoms with E-state index in [1.165, 1.54) is 17.0 Å². The summed E-state index contributed by atoms with van der Waals surface area (Å²) < 4.78 is 46.0. The predicted molar refractivity (Wildman–Crippen MR) is 141 cm³/mol. The summed E-state index contributed by atoms with van der Waals surface area (Å²) in [7, 11) is -2.56. The molecule has 1 aliphatic carbocycles. The SMILES string of the molecule is COC(=O)c1ccc(COc2cc3c(cc2N(CC2CCOC2)S(=O)(=O)c2nc(C)cs2)CCC3)cc1. The third-order valence-electron chi connectivity index (χ3n) is 6.77.